The van der Waals surface area contributed by atoms with Crippen LogP contribution in [0.15, 0.2) is 18.2 Å². The summed E-state index contributed by atoms with van der Waals surface area (Å²) in [5, 5.41) is 11.8. The Labute approximate surface area is 99.5 Å². The Morgan fingerprint density at radius 2 is 2.12 bits per heavy atom. The van der Waals surface area contributed by atoms with Crippen molar-refractivity contribution in [2.75, 3.05) is 0 Å². The second-order valence-electron chi connectivity index (χ2n) is 4.72. The predicted molar refractivity (Wildman–Crippen MR) is 63.7 cm³/mol. The van der Waals surface area contributed by atoms with Crippen molar-refractivity contribution in [3.05, 3.63) is 35.0 Å². The lowest BCUT2D eigenvalue weighted by Gasteiger charge is -2.10. The number of hydrogen-bond donors (Lipinski definition) is 1. The van der Waals surface area contributed by atoms with Gasteiger partial charge in [-0.25, -0.2) is 0 Å². The summed E-state index contributed by atoms with van der Waals surface area (Å²) in [6, 6.07) is 5.86. The highest BCUT2D eigenvalue weighted by atomic mass is 16.4. The Balaban J connectivity index is 2.08. The number of nitrogens with one attached hydrogen (secondary N) is 1. The summed E-state index contributed by atoms with van der Waals surface area (Å²) in [4.78, 5) is 14.0. The van der Waals surface area contributed by atoms with Crippen LogP contribution in [0.5, 0.6) is 0 Å². The minimum atomic E-state index is -1.03. The first-order chi connectivity index (χ1) is 8.24. The number of rotatable bonds is 2. The first-order valence-corrected chi connectivity index (χ1v) is 6.06. The fraction of sp³-hybridized carbons (Fsp3) is 0.357. The third kappa shape index (κ3) is 1.82. The van der Waals surface area contributed by atoms with Crippen molar-refractivity contribution < 1.29 is 9.90 Å². The molecular weight excluding hydrogens is 214 g/mol. The fourth-order valence-corrected chi connectivity index (χ4v) is 2.74. The molecule has 1 aliphatic rings. The minimum Gasteiger partial charge on any atom is -0.550 e. The lowest BCUT2D eigenvalue weighted by atomic mass is 9.95. The molecule has 0 spiro atoms. The smallest absolute Gasteiger partial charge is 0.0461 e. The molecule has 88 valence electrons. The van der Waals surface area contributed by atoms with E-state index < -0.39 is 5.97 Å². The lowest BCUT2D eigenvalue weighted by Crippen LogP contribution is -2.24. The van der Waals surface area contributed by atoms with Crippen LogP contribution in [0.4, 0.5) is 0 Å². The van der Waals surface area contributed by atoms with E-state index >= 15 is 0 Å². The Kier molecular flexibility index (Phi) is 2.39. The normalized spacial score (nSPS) is 14.8. The van der Waals surface area contributed by atoms with Crippen LogP contribution < -0.4 is 5.11 Å². The highest BCUT2D eigenvalue weighted by molar-refractivity contribution is 5.86. The number of fused-ring (bicyclic) bond motifs is 3. The zero-order valence-electron chi connectivity index (χ0n) is 9.58. The molecular formula is C14H14NO2-. The molecule has 1 heterocycles. The van der Waals surface area contributed by atoms with Gasteiger partial charge in [0.2, 0.25) is 0 Å². The van der Waals surface area contributed by atoms with Crippen molar-refractivity contribution >= 4 is 16.9 Å². The quantitative estimate of drug-likeness (QED) is 0.843. The molecule has 0 fully saturated rings. The summed E-state index contributed by atoms with van der Waals surface area (Å²) in [6.07, 6.45) is 4.72. The van der Waals surface area contributed by atoms with Crippen molar-refractivity contribution in [2.24, 2.45) is 0 Å². The summed E-state index contributed by atoms with van der Waals surface area (Å²) < 4.78 is 0. The highest BCUT2D eigenvalue weighted by Crippen LogP contribution is 2.29. The zero-order chi connectivity index (χ0) is 11.8. The van der Waals surface area contributed by atoms with E-state index in [1.165, 1.54) is 29.5 Å². The molecule has 0 amide bonds. The lowest BCUT2D eigenvalue weighted by molar-refractivity contribution is -0.304. The number of H-pyrrole nitrogens is 1. The van der Waals surface area contributed by atoms with Crippen molar-refractivity contribution in [1.29, 1.82) is 0 Å². The van der Waals surface area contributed by atoms with Crippen molar-refractivity contribution in [3.8, 4) is 0 Å². The van der Waals surface area contributed by atoms with Gasteiger partial charge in [0.05, 0.1) is 0 Å². The van der Waals surface area contributed by atoms with E-state index in [1.54, 1.807) is 0 Å². The van der Waals surface area contributed by atoms with Crippen LogP contribution in [0, 0.1) is 0 Å². The molecule has 1 aromatic carbocycles. The van der Waals surface area contributed by atoms with Crippen molar-refractivity contribution in [1.82, 2.24) is 4.98 Å². The van der Waals surface area contributed by atoms with Gasteiger partial charge in [-0.05, 0) is 42.9 Å². The zero-order valence-corrected chi connectivity index (χ0v) is 9.58. The SMILES string of the molecule is O=C([O-])Cc1ccc2c3c([nH]c2c1)CCCC3. The molecule has 3 nitrogen and oxygen atoms in total. The standard InChI is InChI=1S/C14H15NO2/c16-14(17)8-9-5-6-11-10-3-1-2-4-12(10)15-13(11)7-9/h5-7,15H,1-4,8H2,(H,16,17)/p-1. The molecule has 3 rings (SSSR count). The number of carbonyl (C=O) groups is 1. The summed E-state index contributed by atoms with van der Waals surface area (Å²) in [5.41, 5.74) is 4.62. The van der Waals surface area contributed by atoms with Gasteiger partial charge in [0.1, 0.15) is 0 Å². The third-order valence-electron chi connectivity index (χ3n) is 3.51. The van der Waals surface area contributed by atoms with Gasteiger partial charge in [-0.1, -0.05) is 12.1 Å². The summed E-state index contributed by atoms with van der Waals surface area (Å²) >= 11 is 0. The summed E-state index contributed by atoms with van der Waals surface area (Å²) in [7, 11) is 0. The van der Waals surface area contributed by atoms with Gasteiger partial charge < -0.3 is 14.9 Å². The number of aromatic amines is 1. The van der Waals surface area contributed by atoms with E-state index in [-0.39, 0.29) is 6.42 Å². The fourth-order valence-electron chi connectivity index (χ4n) is 2.74. The third-order valence-corrected chi connectivity index (χ3v) is 3.51. The van der Waals surface area contributed by atoms with Gasteiger partial charge in [0.15, 0.2) is 0 Å². The average Bonchev–Trinajstić information content (AvgIpc) is 2.65. The molecule has 0 bridgehead atoms. The Morgan fingerprint density at radius 3 is 2.94 bits per heavy atom. The van der Waals surface area contributed by atoms with Crippen LogP contribution >= 0.6 is 0 Å². The number of benzene rings is 1. The molecule has 1 aromatic heterocycles. The van der Waals surface area contributed by atoms with Crippen molar-refractivity contribution in [3.63, 3.8) is 0 Å². The van der Waals surface area contributed by atoms with Crippen LogP contribution in [0.25, 0.3) is 10.9 Å². The maximum Gasteiger partial charge on any atom is 0.0461 e. The second-order valence-corrected chi connectivity index (χ2v) is 4.72. The number of carbonyl (C=O) groups excluding carboxylic acids is 1. The number of aromatic nitrogens is 1. The second kappa shape index (κ2) is 3.91. The average molecular weight is 228 g/mol. The molecule has 0 saturated carbocycles. The van der Waals surface area contributed by atoms with Gasteiger partial charge in [0.25, 0.3) is 0 Å². The van der Waals surface area contributed by atoms with Crippen molar-refractivity contribution in [2.45, 2.75) is 32.1 Å². The van der Waals surface area contributed by atoms with Gasteiger partial charge in [-0.3, -0.25) is 0 Å². The largest absolute Gasteiger partial charge is 0.550 e. The number of aryl methyl sites for hydroxylation is 2. The van der Waals surface area contributed by atoms with E-state index in [2.05, 4.69) is 4.98 Å². The van der Waals surface area contributed by atoms with Gasteiger partial charge in [-0.15, -0.1) is 0 Å². The molecule has 0 unspecified atom stereocenters. The number of hydrogen-bond acceptors (Lipinski definition) is 2. The molecule has 0 radical (unpaired) electrons. The Hall–Kier alpha value is -1.77. The molecule has 1 N–H and O–H groups in total. The topological polar surface area (TPSA) is 55.9 Å². The first kappa shape index (κ1) is 10.4. The maximum atomic E-state index is 10.6. The Bertz CT molecular complexity index is 583. The van der Waals surface area contributed by atoms with Crippen LogP contribution in [0.1, 0.15) is 29.7 Å². The van der Waals surface area contributed by atoms with Crippen LogP contribution in [0.2, 0.25) is 0 Å². The van der Waals surface area contributed by atoms with E-state index in [4.69, 9.17) is 0 Å². The summed E-state index contributed by atoms with van der Waals surface area (Å²) in [5.74, 6) is -1.03. The van der Waals surface area contributed by atoms with Gasteiger partial charge >= 0.3 is 0 Å². The number of aliphatic carboxylic acids is 1. The molecule has 3 heteroatoms. The van der Waals surface area contributed by atoms with Crippen LogP contribution in [-0.4, -0.2) is 11.0 Å². The molecule has 17 heavy (non-hydrogen) atoms. The van der Waals surface area contributed by atoms with Gasteiger partial charge in [0, 0.05) is 29.0 Å². The minimum absolute atomic E-state index is 0.0143. The highest BCUT2D eigenvalue weighted by Gasteiger charge is 2.15. The van der Waals surface area contributed by atoms with E-state index in [0.29, 0.717) is 0 Å². The monoisotopic (exact) mass is 228 g/mol. The van der Waals surface area contributed by atoms with Crippen LogP contribution in [0.3, 0.4) is 0 Å². The van der Waals surface area contributed by atoms with Crippen LogP contribution in [-0.2, 0) is 24.1 Å². The maximum absolute atomic E-state index is 10.6. The Morgan fingerprint density at radius 1 is 1.29 bits per heavy atom. The van der Waals surface area contributed by atoms with E-state index in [1.807, 2.05) is 18.2 Å². The molecule has 0 aliphatic heterocycles. The van der Waals surface area contributed by atoms with Gasteiger partial charge in [-0.2, -0.15) is 0 Å². The molecule has 1 aliphatic carbocycles. The molecule has 2 aromatic rings. The summed E-state index contributed by atoms with van der Waals surface area (Å²) in [6.45, 7) is 0. The predicted octanol–water partition coefficient (Wildman–Crippen LogP) is 1.34. The van der Waals surface area contributed by atoms with E-state index in [9.17, 15) is 9.90 Å². The molecule has 0 saturated heterocycles. The number of carboxylic acids is 1. The first-order valence-electron chi connectivity index (χ1n) is 6.06. The van der Waals surface area contributed by atoms with E-state index in [0.717, 1.165) is 23.9 Å². The number of carboxylic acid groups (broad SMARTS) is 1. The molecule has 0 atom stereocenters.